The van der Waals surface area contributed by atoms with Gasteiger partial charge in [0.1, 0.15) is 0 Å². The van der Waals surface area contributed by atoms with Gasteiger partial charge in [0.25, 0.3) is 0 Å². The van der Waals surface area contributed by atoms with Crippen molar-refractivity contribution < 1.29 is 0 Å². The van der Waals surface area contributed by atoms with Gasteiger partial charge in [0, 0.05) is 53.4 Å². The first-order valence-electron chi connectivity index (χ1n) is 10.2. The predicted octanol–water partition coefficient (Wildman–Crippen LogP) is 2.66. The van der Waals surface area contributed by atoms with Gasteiger partial charge < -0.3 is 20.0 Å². The van der Waals surface area contributed by atoms with Crippen molar-refractivity contribution in [3.63, 3.8) is 0 Å². The van der Waals surface area contributed by atoms with Crippen LogP contribution in [0, 0.1) is 0 Å². The zero-order valence-electron chi connectivity index (χ0n) is 17.0. The van der Waals surface area contributed by atoms with Gasteiger partial charge in [-0.05, 0) is 45.2 Å². The minimum absolute atomic E-state index is 1.02. The molecule has 0 saturated carbocycles. The van der Waals surface area contributed by atoms with Crippen LogP contribution in [-0.2, 0) is 0 Å². The minimum Gasteiger partial charge on any atom is -0.356 e. The van der Waals surface area contributed by atoms with Gasteiger partial charge in [0.2, 0.25) is 0 Å². The number of nitrogens with zero attached hydrogens (tertiary/aromatic N) is 4. The average Bonchev–Trinajstić information content (AvgIpc) is 2.64. The van der Waals surface area contributed by atoms with E-state index in [1.54, 1.807) is 0 Å². The van der Waals surface area contributed by atoms with Gasteiger partial charge in [0.05, 0.1) is 0 Å². The van der Waals surface area contributed by atoms with E-state index in [9.17, 15) is 0 Å². The van der Waals surface area contributed by atoms with E-state index >= 15 is 0 Å². The van der Waals surface area contributed by atoms with Crippen LogP contribution in [-0.4, -0.2) is 87.1 Å². The highest BCUT2D eigenvalue weighted by atomic mass is 15.3. The summed E-state index contributed by atoms with van der Waals surface area (Å²) in [5.74, 6) is 1.03. The van der Waals surface area contributed by atoms with Crippen LogP contribution >= 0.6 is 0 Å². The summed E-state index contributed by atoms with van der Waals surface area (Å²) in [5.41, 5.74) is 0. The summed E-state index contributed by atoms with van der Waals surface area (Å²) in [6, 6.07) is 0. The maximum absolute atomic E-state index is 4.41. The maximum Gasteiger partial charge on any atom is 0.193 e. The summed E-state index contributed by atoms with van der Waals surface area (Å²) in [5, 5.41) is 3.51. The Balaban J connectivity index is 2.05. The van der Waals surface area contributed by atoms with Crippen LogP contribution in [0.5, 0.6) is 0 Å². The molecule has 0 aromatic carbocycles. The molecule has 146 valence electrons. The molecule has 1 rings (SSSR count). The highest BCUT2D eigenvalue weighted by molar-refractivity contribution is 5.79. The molecule has 1 aliphatic rings. The molecule has 1 fully saturated rings. The second-order valence-electron chi connectivity index (χ2n) is 7.02. The fourth-order valence-corrected chi connectivity index (χ4v) is 3.29. The van der Waals surface area contributed by atoms with Crippen molar-refractivity contribution in [3.8, 4) is 0 Å². The van der Waals surface area contributed by atoms with Gasteiger partial charge in [0.15, 0.2) is 5.96 Å². The summed E-state index contributed by atoms with van der Waals surface area (Å²) in [6.07, 6.45) is 9.34. The van der Waals surface area contributed by atoms with Gasteiger partial charge in [-0.1, -0.05) is 19.4 Å². The number of guanidine groups is 1. The third kappa shape index (κ3) is 9.85. The number of piperazine rings is 1. The molecular weight excluding hydrogens is 310 g/mol. The summed E-state index contributed by atoms with van der Waals surface area (Å²) in [6.45, 7) is 15.5. The number of unbranched alkanes of at least 4 members (excludes halogenated alkanes) is 4. The van der Waals surface area contributed by atoms with E-state index in [1.807, 2.05) is 13.1 Å². The highest BCUT2D eigenvalue weighted by Crippen LogP contribution is 2.04. The first-order valence-corrected chi connectivity index (χ1v) is 10.2. The predicted molar refractivity (Wildman–Crippen MR) is 110 cm³/mol. The Labute approximate surface area is 156 Å². The number of likely N-dealkylation sites (N-methyl/N-ethyl adjacent to an activating group) is 1. The summed E-state index contributed by atoms with van der Waals surface area (Å²) >= 11 is 0. The molecule has 25 heavy (non-hydrogen) atoms. The SMILES string of the molecule is C=CCCCCCN(C)C(=NC)NCCCCN1CCN(CC)CC1. The quantitative estimate of drug-likeness (QED) is 0.254. The molecule has 0 amide bonds. The van der Waals surface area contributed by atoms with Crippen molar-refractivity contribution in [2.24, 2.45) is 4.99 Å². The summed E-state index contributed by atoms with van der Waals surface area (Å²) in [4.78, 5) is 11.8. The Hall–Kier alpha value is -1.07. The molecular formula is C20H41N5. The average molecular weight is 352 g/mol. The van der Waals surface area contributed by atoms with E-state index in [2.05, 4.69) is 45.6 Å². The van der Waals surface area contributed by atoms with Crippen molar-refractivity contribution in [1.29, 1.82) is 0 Å². The lowest BCUT2D eigenvalue weighted by Gasteiger charge is -2.34. The van der Waals surface area contributed by atoms with E-state index in [1.165, 1.54) is 71.4 Å². The Morgan fingerprint density at radius 3 is 2.44 bits per heavy atom. The van der Waals surface area contributed by atoms with E-state index in [0.29, 0.717) is 0 Å². The number of rotatable bonds is 12. The third-order valence-electron chi connectivity index (χ3n) is 5.07. The Morgan fingerprint density at radius 1 is 1.08 bits per heavy atom. The lowest BCUT2D eigenvalue weighted by atomic mass is 10.2. The van der Waals surface area contributed by atoms with Crippen molar-refractivity contribution in [2.75, 3.05) is 66.5 Å². The van der Waals surface area contributed by atoms with Gasteiger partial charge in [-0.25, -0.2) is 0 Å². The highest BCUT2D eigenvalue weighted by Gasteiger charge is 2.14. The Kier molecular flexibility index (Phi) is 12.4. The Morgan fingerprint density at radius 2 is 1.80 bits per heavy atom. The summed E-state index contributed by atoms with van der Waals surface area (Å²) in [7, 11) is 4.01. The lowest BCUT2D eigenvalue weighted by molar-refractivity contribution is 0.136. The van der Waals surface area contributed by atoms with E-state index in [4.69, 9.17) is 0 Å². The molecule has 5 heteroatoms. The number of aliphatic imine (C=N–C) groups is 1. The molecule has 0 aromatic heterocycles. The zero-order chi connectivity index (χ0) is 18.3. The van der Waals surface area contributed by atoms with Crippen LogP contribution in [0.2, 0.25) is 0 Å². The molecule has 0 atom stereocenters. The molecule has 1 aliphatic heterocycles. The topological polar surface area (TPSA) is 34.1 Å². The molecule has 1 N–H and O–H groups in total. The normalized spacial score (nSPS) is 16.8. The molecule has 0 spiro atoms. The van der Waals surface area contributed by atoms with Crippen LogP contribution in [0.4, 0.5) is 0 Å². The number of hydrogen-bond donors (Lipinski definition) is 1. The number of allylic oxidation sites excluding steroid dienone is 1. The Bertz CT molecular complexity index is 361. The third-order valence-corrected chi connectivity index (χ3v) is 5.07. The van der Waals surface area contributed by atoms with E-state index in [-0.39, 0.29) is 0 Å². The second kappa shape index (κ2) is 14.1. The molecule has 1 saturated heterocycles. The minimum atomic E-state index is 1.02. The van der Waals surface area contributed by atoms with Gasteiger partial charge in [-0.3, -0.25) is 4.99 Å². The molecule has 0 unspecified atom stereocenters. The van der Waals surface area contributed by atoms with Crippen molar-refractivity contribution in [1.82, 2.24) is 20.0 Å². The van der Waals surface area contributed by atoms with Crippen LogP contribution in [0.25, 0.3) is 0 Å². The number of hydrogen-bond acceptors (Lipinski definition) is 3. The van der Waals surface area contributed by atoms with Crippen molar-refractivity contribution in [2.45, 2.75) is 45.4 Å². The van der Waals surface area contributed by atoms with Crippen LogP contribution < -0.4 is 5.32 Å². The van der Waals surface area contributed by atoms with Crippen molar-refractivity contribution in [3.05, 3.63) is 12.7 Å². The largest absolute Gasteiger partial charge is 0.356 e. The second-order valence-corrected chi connectivity index (χ2v) is 7.02. The molecule has 0 radical (unpaired) electrons. The van der Waals surface area contributed by atoms with Crippen LogP contribution in [0.3, 0.4) is 0 Å². The maximum atomic E-state index is 4.41. The molecule has 0 aromatic rings. The van der Waals surface area contributed by atoms with E-state index < -0.39 is 0 Å². The molecule has 1 heterocycles. The molecule has 0 aliphatic carbocycles. The fourth-order valence-electron chi connectivity index (χ4n) is 3.29. The van der Waals surface area contributed by atoms with Crippen LogP contribution in [0.15, 0.2) is 17.6 Å². The van der Waals surface area contributed by atoms with Gasteiger partial charge >= 0.3 is 0 Å². The standard InChI is InChI=1S/C20H41N5/c1-5-7-8-9-11-14-23(4)20(21-3)22-13-10-12-15-25-18-16-24(6-2)17-19-25/h5H,1,6-19H2,2-4H3,(H,21,22). The zero-order valence-corrected chi connectivity index (χ0v) is 17.0. The fraction of sp³-hybridized carbons (Fsp3) is 0.850. The first kappa shape index (κ1) is 22.0. The summed E-state index contributed by atoms with van der Waals surface area (Å²) < 4.78 is 0. The van der Waals surface area contributed by atoms with Gasteiger partial charge in [-0.2, -0.15) is 0 Å². The van der Waals surface area contributed by atoms with Crippen molar-refractivity contribution >= 4 is 5.96 Å². The lowest BCUT2D eigenvalue weighted by Crippen LogP contribution is -2.46. The van der Waals surface area contributed by atoms with Gasteiger partial charge in [-0.15, -0.1) is 6.58 Å². The first-order chi connectivity index (χ1) is 12.2. The molecule has 0 bridgehead atoms. The van der Waals surface area contributed by atoms with E-state index in [0.717, 1.165) is 25.5 Å². The smallest absolute Gasteiger partial charge is 0.193 e. The van der Waals surface area contributed by atoms with Crippen LogP contribution in [0.1, 0.15) is 45.4 Å². The monoisotopic (exact) mass is 351 g/mol. The molecule has 5 nitrogen and oxygen atoms in total. The number of nitrogens with one attached hydrogen (secondary N) is 1.